The van der Waals surface area contributed by atoms with Crippen LogP contribution >= 0.6 is 0 Å². The van der Waals surface area contributed by atoms with E-state index in [0.29, 0.717) is 12.8 Å². The molecule has 6 heteroatoms. The standard InChI is InChI=1S/C12H15NO5/c14-7-8-3-4-9(18-8)10(15)13-12(11(16)17)5-1-2-6-12/h3-4,14H,1-2,5-7H2,(H,13,15)(H,16,17). The molecule has 3 N–H and O–H groups in total. The number of amides is 1. The first kappa shape index (κ1) is 12.6. The molecule has 1 heterocycles. The van der Waals surface area contributed by atoms with Gasteiger partial charge in [0.05, 0.1) is 0 Å². The second-order valence-electron chi connectivity index (χ2n) is 4.47. The van der Waals surface area contributed by atoms with Crippen molar-refractivity contribution < 1.29 is 24.2 Å². The summed E-state index contributed by atoms with van der Waals surface area (Å²) in [5.74, 6) is -1.27. The molecule has 98 valence electrons. The maximum atomic E-state index is 11.9. The molecule has 0 bridgehead atoms. The number of aliphatic hydroxyl groups excluding tert-OH is 1. The van der Waals surface area contributed by atoms with E-state index in [4.69, 9.17) is 9.52 Å². The molecular formula is C12H15NO5. The van der Waals surface area contributed by atoms with Crippen LogP contribution in [0.25, 0.3) is 0 Å². The van der Waals surface area contributed by atoms with E-state index in [9.17, 15) is 14.7 Å². The van der Waals surface area contributed by atoms with Gasteiger partial charge in [-0.15, -0.1) is 0 Å². The molecule has 0 unspecified atom stereocenters. The third-order valence-corrected chi connectivity index (χ3v) is 3.26. The number of furan rings is 1. The van der Waals surface area contributed by atoms with Gasteiger partial charge in [0.2, 0.25) is 0 Å². The number of aliphatic hydroxyl groups is 1. The van der Waals surface area contributed by atoms with Crippen molar-refractivity contribution in [2.45, 2.75) is 37.8 Å². The van der Waals surface area contributed by atoms with Crippen LogP contribution in [0.1, 0.15) is 42.0 Å². The van der Waals surface area contributed by atoms with Crippen LogP contribution in [0.4, 0.5) is 0 Å². The number of carbonyl (C=O) groups excluding carboxylic acids is 1. The molecule has 1 saturated carbocycles. The molecule has 0 saturated heterocycles. The Balaban J connectivity index is 2.12. The van der Waals surface area contributed by atoms with Crippen molar-refractivity contribution in [2.24, 2.45) is 0 Å². The first-order valence-corrected chi connectivity index (χ1v) is 5.83. The molecule has 1 fully saturated rings. The van der Waals surface area contributed by atoms with E-state index < -0.39 is 17.4 Å². The molecule has 2 rings (SSSR count). The highest BCUT2D eigenvalue weighted by atomic mass is 16.4. The van der Waals surface area contributed by atoms with E-state index in [0.717, 1.165) is 12.8 Å². The summed E-state index contributed by atoms with van der Waals surface area (Å²) in [6, 6.07) is 2.91. The zero-order valence-corrected chi connectivity index (χ0v) is 9.81. The minimum atomic E-state index is -1.18. The Kier molecular flexibility index (Phi) is 3.38. The van der Waals surface area contributed by atoms with Gasteiger partial charge in [0.1, 0.15) is 17.9 Å². The lowest BCUT2D eigenvalue weighted by Gasteiger charge is -2.24. The summed E-state index contributed by atoms with van der Waals surface area (Å²) in [6.07, 6.45) is 2.43. The Morgan fingerprint density at radius 2 is 2.00 bits per heavy atom. The first-order valence-electron chi connectivity index (χ1n) is 5.83. The van der Waals surface area contributed by atoms with Crippen molar-refractivity contribution >= 4 is 11.9 Å². The van der Waals surface area contributed by atoms with Crippen LogP contribution in [-0.4, -0.2) is 27.6 Å². The van der Waals surface area contributed by atoms with Crippen LogP contribution < -0.4 is 5.32 Å². The lowest BCUT2D eigenvalue weighted by molar-refractivity contribution is -0.144. The normalized spacial score (nSPS) is 17.6. The average molecular weight is 253 g/mol. The highest BCUT2D eigenvalue weighted by Crippen LogP contribution is 2.30. The van der Waals surface area contributed by atoms with Crippen LogP contribution in [0, 0.1) is 0 Å². The highest BCUT2D eigenvalue weighted by Gasteiger charge is 2.43. The van der Waals surface area contributed by atoms with Gasteiger partial charge in [-0.25, -0.2) is 4.79 Å². The maximum Gasteiger partial charge on any atom is 0.329 e. The third kappa shape index (κ3) is 2.24. The topological polar surface area (TPSA) is 99.8 Å². The number of rotatable bonds is 4. The van der Waals surface area contributed by atoms with Gasteiger partial charge in [0, 0.05) is 0 Å². The van der Waals surface area contributed by atoms with E-state index in [-0.39, 0.29) is 18.1 Å². The zero-order chi connectivity index (χ0) is 13.2. The van der Waals surface area contributed by atoms with Crippen LogP contribution in [-0.2, 0) is 11.4 Å². The number of nitrogens with one attached hydrogen (secondary N) is 1. The molecule has 1 aromatic heterocycles. The molecular weight excluding hydrogens is 238 g/mol. The van der Waals surface area contributed by atoms with Crippen molar-refractivity contribution in [2.75, 3.05) is 0 Å². The van der Waals surface area contributed by atoms with Gasteiger partial charge in [0.25, 0.3) is 5.91 Å². The Hall–Kier alpha value is -1.82. The predicted molar refractivity (Wildman–Crippen MR) is 60.9 cm³/mol. The molecule has 0 spiro atoms. The second-order valence-corrected chi connectivity index (χ2v) is 4.47. The number of carboxylic acids is 1. The summed E-state index contributed by atoms with van der Waals surface area (Å²) >= 11 is 0. The Morgan fingerprint density at radius 1 is 1.33 bits per heavy atom. The van der Waals surface area contributed by atoms with Crippen molar-refractivity contribution in [3.63, 3.8) is 0 Å². The summed E-state index contributed by atoms with van der Waals surface area (Å²) in [5.41, 5.74) is -1.18. The molecule has 0 atom stereocenters. The Bertz CT molecular complexity index is 459. The molecule has 1 aliphatic carbocycles. The number of aliphatic carboxylic acids is 1. The van der Waals surface area contributed by atoms with E-state index >= 15 is 0 Å². The molecule has 1 amide bonds. The van der Waals surface area contributed by atoms with Gasteiger partial charge in [-0.3, -0.25) is 4.79 Å². The molecule has 6 nitrogen and oxygen atoms in total. The Labute approximate surface area is 104 Å². The summed E-state index contributed by atoms with van der Waals surface area (Å²) in [7, 11) is 0. The van der Waals surface area contributed by atoms with Gasteiger partial charge in [-0.2, -0.15) is 0 Å². The zero-order valence-electron chi connectivity index (χ0n) is 9.81. The monoisotopic (exact) mass is 253 g/mol. The third-order valence-electron chi connectivity index (χ3n) is 3.26. The molecule has 0 aliphatic heterocycles. The van der Waals surface area contributed by atoms with Gasteiger partial charge in [-0.05, 0) is 25.0 Å². The minimum absolute atomic E-state index is 0.0200. The van der Waals surface area contributed by atoms with Crippen LogP contribution in [0.5, 0.6) is 0 Å². The lowest BCUT2D eigenvalue weighted by Crippen LogP contribution is -2.52. The lowest BCUT2D eigenvalue weighted by atomic mass is 9.98. The van der Waals surface area contributed by atoms with Gasteiger partial charge in [-0.1, -0.05) is 12.8 Å². The predicted octanol–water partition coefficient (Wildman–Crippen LogP) is 0.899. The van der Waals surface area contributed by atoms with Gasteiger partial charge >= 0.3 is 5.97 Å². The highest BCUT2D eigenvalue weighted by molar-refractivity contribution is 5.96. The van der Waals surface area contributed by atoms with Crippen LogP contribution in [0.3, 0.4) is 0 Å². The summed E-state index contributed by atoms with van der Waals surface area (Å²) in [6.45, 7) is -0.294. The van der Waals surface area contributed by atoms with Crippen molar-refractivity contribution in [1.82, 2.24) is 5.32 Å². The number of hydrogen-bond donors (Lipinski definition) is 3. The van der Waals surface area contributed by atoms with Gasteiger partial charge in [0.15, 0.2) is 5.76 Å². The molecule has 18 heavy (non-hydrogen) atoms. The van der Waals surface area contributed by atoms with Crippen molar-refractivity contribution in [1.29, 1.82) is 0 Å². The molecule has 1 aromatic rings. The number of carboxylic acid groups (broad SMARTS) is 1. The summed E-state index contributed by atoms with van der Waals surface area (Å²) in [4.78, 5) is 23.2. The van der Waals surface area contributed by atoms with E-state index in [1.165, 1.54) is 12.1 Å². The smallest absolute Gasteiger partial charge is 0.329 e. The SMILES string of the molecule is O=C(NC1(C(=O)O)CCCC1)c1ccc(CO)o1. The fraction of sp³-hybridized carbons (Fsp3) is 0.500. The minimum Gasteiger partial charge on any atom is -0.480 e. The average Bonchev–Trinajstić information content (AvgIpc) is 2.97. The first-order chi connectivity index (χ1) is 8.57. The quantitative estimate of drug-likeness (QED) is 0.740. The molecule has 0 aromatic carbocycles. The summed E-state index contributed by atoms with van der Waals surface area (Å²) in [5, 5.41) is 20.6. The second kappa shape index (κ2) is 4.81. The summed E-state index contributed by atoms with van der Waals surface area (Å²) < 4.78 is 5.07. The maximum absolute atomic E-state index is 11.9. The van der Waals surface area contributed by atoms with Crippen molar-refractivity contribution in [3.8, 4) is 0 Å². The van der Waals surface area contributed by atoms with E-state index in [2.05, 4.69) is 5.32 Å². The molecule has 0 radical (unpaired) electrons. The van der Waals surface area contributed by atoms with Crippen LogP contribution in [0.2, 0.25) is 0 Å². The fourth-order valence-corrected chi connectivity index (χ4v) is 2.23. The molecule has 1 aliphatic rings. The largest absolute Gasteiger partial charge is 0.480 e. The van der Waals surface area contributed by atoms with E-state index in [1.54, 1.807) is 0 Å². The number of hydrogen-bond acceptors (Lipinski definition) is 4. The number of carbonyl (C=O) groups is 2. The van der Waals surface area contributed by atoms with Crippen LogP contribution in [0.15, 0.2) is 16.5 Å². The van der Waals surface area contributed by atoms with Crippen molar-refractivity contribution in [3.05, 3.63) is 23.7 Å². The van der Waals surface area contributed by atoms with E-state index in [1.807, 2.05) is 0 Å². The Morgan fingerprint density at radius 3 is 2.50 bits per heavy atom. The van der Waals surface area contributed by atoms with Gasteiger partial charge < -0.3 is 19.9 Å². The fourth-order valence-electron chi connectivity index (χ4n) is 2.23.